The maximum absolute atomic E-state index is 10.8. The number of benzene rings is 2. The molecule has 8 nitrogen and oxygen atoms in total. The molecule has 1 N–H and O–H groups in total. The normalized spacial score (nSPS) is 11.1. The van der Waals surface area contributed by atoms with Gasteiger partial charge in [-0.2, -0.15) is 0 Å². The molecule has 0 unspecified atom stereocenters. The average Bonchev–Trinajstić information content (AvgIpc) is 3.26. The van der Waals surface area contributed by atoms with E-state index in [0.29, 0.717) is 17.2 Å². The first-order chi connectivity index (χ1) is 12.6. The summed E-state index contributed by atoms with van der Waals surface area (Å²) >= 11 is 7.52. The lowest BCUT2D eigenvalue weighted by Crippen LogP contribution is -1.88. The van der Waals surface area contributed by atoms with Gasteiger partial charge < -0.3 is 9.40 Å². The molecule has 10 heteroatoms. The van der Waals surface area contributed by atoms with E-state index in [2.05, 4.69) is 20.2 Å². The van der Waals surface area contributed by atoms with Crippen LogP contribution in [-0.2, 0) is 5.75 Å². The van der Waals surface area contributed by atoms with Crippen molar-refractivity contribution in [3.8, 4) is 11.5 Å². The van der Waals surface area contributed by atoms with Crippen molar-refractivity contribution < 1.29 is 9.34 Å². The molecule has 130 valence electrons. The number of nitrogens with one attached hydrogen (secondary N) is 1. The minimum atomic E-state index is -0.515. The second-order valence-electron chi connectivity index (χ2n) is 5.27. The van der Waals surface area contributed by atoms with E-state index in [1.54, 1.807) is 0 Å². The van der Waals surface area contributed by atoms with E-state index in [0.717, 1.165) is 16.2 Å². The molecule has 26 heavy (non-hydrogen) atoms. The van der Waals surface area contributed by atoms with Crippen LogP contribution in [0.25, 0.3) is 22.5 Å². The number of para-hydroxylation sites is 2. The largest absolute Gasteiger partial charge is 0.420 e. The molecule has 4 aromatic rings. The van der Waals surface area contributed by atoms with Crippen LogP contribution in [0.15, 0.2) is 52.0 Å². The summed E-state index contributed by atoms with van der Waals surface area (Å²) in [6.45, 7) is 0. The number of nitro benzene ring substituents is 1. The molecule has 2 aromatic heterocycles. The highest BCUT2D eigenvalue weighted by molar-refractivity contribution is 7.98. The Morgan fingerprint density at radius 2 is 2.08 bits per heavy atom. The van der Waals surface area contributed by atoms with Gasteiger partial charge in [-0.15, -0.1) is 10.2 Å². The standard InChI is InChI=1S/C16H10ClN5O3S/c17-11-7-9(22(23)24)5-6-10(11)15-21-20-14(25-15)8-26-16-18-12-3-1-2-4-13(12)19-16/h1-7H,8H2,(H,18,19). The summed E-state index contributed by atoms with van der Waals surface area (Å²) in [5, 5.41) is 19.7. The van der Waals surface area contributed by atoms with Gasteiger partial charge in [-0.3, -0.25) is 10.1 Å². The fraction of sp³-hybridized carbons (Fsp3) is 0.0625. The predicted molar refractivity (Wildman–Crippen MR) is 97.1 cm³/mol. The molecule has 2 heterocycles. The van der Waals surface area contributed by atoms with Gasteiger partial charge in [0.2, 0.25) is 11.8 Å². The third kappa shape index (κ3) is 3.26. The number of halogens is 1. The molecular weight excluding hydrogens is 378 g/mol. The number of hydrogen-bond donors (Lipinski definition) is 1. The predicted octanol–water partition coefficient (Wildman–Crippen LogP) is 4.47. The maximum atomic E-state index is 10.8. The van der Waals surface area contributed by atoms with E-state index in [4.69, 9.17) is 16.0 Å². The lowest BCUT2D eigenvalue weighted by Gasteiger charge is -1.98. The Morgan fingerprint density at radius 3 is 2.85 bits per heavy atom. The van der Waals surface area contributed by atoms with Crippen LogP contribution in [0.5, 0.6) is 0 Å². The van der Waals surface area contributed by atoms with Crippen LogP contribution in [0.2, 0.25) is 5.02 Å². The monoisotopic (exact) mass is 387 g/mol. The molecule has 0 radical (unpaired) electrons. The zero-order chi connectivity index (χ0) is 18.1. The number of rotatable bonds is 5. The van der Waals surface area contributed by atoms with Crippen molar-refractivity contribution in [2.45, 2.75) is 10.9 Å². The van der Waals surface area contributed by atoms with Crippen LogP contribution in [-0.4, -0.2) is 25.1 Å². The van der Waals surface area contributed by atoms with Crippen molar-refractivity contribution >= 4 is 40.1 Å². The molecule has 0 bridgehead atoms. The first kappa shape index (κ1) is 16.6. The van der Waals surface area contributed by atoms with E-state index in [-0.39, 0.29) is 16.6 Å². The van der Waals surface area contributed by atoms with Gasteiger partial charge in [0.15, 0.2) is 5.16 Å². The number of H-pyrrole nitrogens is 1. The molecule has 0 saturated heterocycles. The van der Waals surface area contributed by atoms with Crippen LogP contribution in [0, 0.1) is 10.1 Å². The molecule has 0 fully saturated rings. The molecule has 0 amide bonds. The van der Waals surface area contributed by atoms with Crippen molar-refractivity contribution in [2.24, 2.45) is 0 Å². The van der Waals surface area contributed by atoms with Gasteiger partial charge in [-0.25, -0.2) is 4.98 Å². The van der Waals surface area contributed by atoms with Crippen LogP contribution < -0.4 is 0 Å². The third-order valence-corrected chi connectivity index (χ3v) is 4.73. The molecule has 0 aliphatic heterocycles. The van der Waals surface area contributed by atoms with Gasteiger partial charge in [-0.05, 0) is 18.2 Å². The summed E-state index contributed by atoms with van der Waals surface area (Å²) in [5.74, 6) is 1.04. The molecule has 0 aliphatic carbocycles. The van der Waals surface area contributed by atoms with Crippen LogP contribution in [0.1, 0.15) is 5.89 Å². The molecule has 4 rings (SSSR count). The number of hydrogen-bond acceptors (Lipinski definition) is 7. The molecule has 0 aliphatic rings. The fourth-order valence-corrected chi connectivity index (χ4v) is 3.32. The highest BCUT2D eigenvalue weighted by Crippen LogP contribution is 2.31. The van der Waals surface area contributed by atoms with E-state index in [1.807, 2.05) is 24.3 Å². The third-order valence-electron chi connectivity index (χ3n) is 3.56. The SMILES string of the molecule is O=[N+]([O-])c1ccc(-c2nnc(CSc3nc4ccccc4[nH]3)o2)c(Cl)c1. The quantitative estimate of drug-likeness (QED) is 0.305. The Balaban J connectivity index is 1.50. The molecule has 0 atom stereocenters. The topological polar surface area (TPSA) is 111 Å². The zero-order valence-corrected chi connectivity index (χ0v) is 14.6. The highest BCUT2D eigenvalue weighted by Gasteiger charge is 2.16. The van der Waals surface area contributed by atoms with Crippen molar-refractivity contribution in [3.63, 3.8) is 0 Å². The van der Waals surface area contributed by atoms with Crippen LogP contribution in [0.3, 0.4) is 0 Å². The summed E-state index contributed by atoms with van der Waals surface area (Å²) in [4.78, 5) is 17.9. The molecule has 2 aromatic carbocycles. The Kier molecular flexibility index (Phi) is 4.31. The van der Waals surface area contributed by atoms with E-state index >= 15 is 0 Å². The molecule has 0 saturated carbocycles. The first-order valence-electron chi connectivity index (χ1n) is 7.44. The number of thioether (sulfide) groups is 1. The lowest BCUT2D eigenvalue weighted by atomic mass is 10.2. The summed E-state index contributed by atoms with van der Waals surface area (Å²) in [6, 6.07) is 11.8. The molecular formula is C16H10ClN5O3S. The number of aromatic nitrogens is 4. The highest BCUT2D eigenvalue weighted by atomic mass is 35.5. The summed E-state index contributed by atoms with van der Waals surface area (Å²) < 4.78 is 5.61. The Morgan fingerprint density at radius 1 is 1.23 bits per heavy atom. The smallest absolute Gasteiger partial charge is 0.270 e. The fourth-order valence-electron chi connectivity index (χ4n) is 2.34. The number of fused-ring (bicyclic) bond motifs is 1. The lowest BCUT2D eigenvalue weighted by molar-refractivity contribution is -0.384. The first-order valence-corrected chi connectivity index (χ1v) is 8.81. The van der Waals surface area contributed by atoms with Crippen molar-refractivity contribution in [2.75, 3.05) is 0 Å². The zero-order valence-electron chi connectivity index (χ0n) is 13.0. The van der Waals surface area contributed by atoms with Gasteiger partial charge in [0.25, 0.3) is 5.69 Å². The summed E-state index contributed by atoms with van der Waals surface area (Å²) in [7, 11) is 0. The summed E-state index contributed by atoms with van der Waals surface area (Å²) in [5.41, 5.74) is 2.20. The van der Waals surface area contributed by atoms with Crippen molar-refractivity contribution in [1.29, 1.82) is 0 Å². The Labute approximate surface area is 155 Å². The second kappa shape index (κ2) is 6.77. The number of imidazole rings is 1. The van der Waals surface area contributed by atoms with Gasteiger partial charge in [-0.1, -0.05) is 35.5 Å². The van der Waals surface area contributed by atoms with Gasteiger partial charge >= 0.3 is 0 Å². The number of aromatic amines is 1. The Bertz CT molecular complexity index is 1080. The summed E-state index contributed by atoms with van der Waals surface area (Å²) in [6.07, 6.45) is 0. The van der Waals surface area contributed by atoms with Gasteiger partial charge in [0.05, 0.1) is 32.3 Å². The van der Waals surface area contributed by atoms with Crippen molar-refractivity contribution in [3.05, 3.63) is 63.5 Å². The average molecular weight is 388 g/mol. The van der Waals surface area contributed by atoms with E-state index in [1.165, 1.54) is 30.0 Å². The van der Waals surface area contributed by atoms with Crippen LogP contribution >= 0.6 is 23.4 Å². The van der Waals surface area contributed by atoms with Gasteiger partial charge in [0.1, 0.15) is 0 Å². The van der Waals surface area contributed by atoms with Crippen molar-refractivity contribution in [1.82, 2.24) is 20.2 Å². The Hall–Kier alpha value is -2.91. The minimum absolute atomic E-state index is 0.0982. The molecule has 0 spiro atoms. The number of nitrogens with zero attached hydrogens (tertiary/aromatic N) is 4. The maximum Gasteiger partial charge on any atom is 0.270 e. The van der Waals surface area contributed by atoms with Gasteiger partial charge in [0, 0.05) is 12.1 Å². The second-order valence-corrected chi connectivity index (χ2v) is 6.64. The van der Waals surface area contributed by atoms with E-state index < -0.39 is 4.92 Å². The van der Waals surface area contributed by atoms with Crippen LogP contribution in [0.4, 0.5) is 5.69 Å². The number of nitro groups is 1. The number of non-ortho nitro benzene ring substituents is 1. The van der Waals surface area contributed by atoms with E-state index in [9.17, 15) is 10.1 Å². The minimum Gasteiger partial charge on any atom is -0.420 e.